The van der Waals surface area contributed by atoms with Crippen LogP contribution in [0.2, 0.25) is 0 Å². The van der Waals surface area contributed by atoms with Crippen LogP contribution in [0.5, 0.6) is 11.5 Å². The number of aromatic nitrogens is 2. The van der Waals surface area contributed by atoms with E-state index in [1.165, 1.54) is 0 Å². The molecule has 0 aliphatic carbocycles. The van der Waals surface area contributed by atoms with Gasteiger partial charge in [0.25, 0.3) is 0 Å². The molecule has 0 saturated carbocycles. The Morgan fingerprint density at radius 2 is 1.86 bits per heavy atom. The van der Waals surface area contributed by atoms with Gasteiger partial charge in [-0.3, -0.25) is 4.79 Å². The first kappa shape index (κ1) is 20.7. The Morgan fingerprint density at radius 3 is 2.66 bits per heavy atom. The number of carbonyl (C=O) groups is 1. The molecule has 0 saturated heterocycles. The Bertz CT molecular complexity index is 939. The van der Waals surface area contributed by atoms with Crippen LogP contribution in [0.4, 0.5) is 0 Å². The van der Waals surface area contributed by atoms with E-state index < -0.39 is 0 Å². The van der Waals surface area contributed by atoms with E-state index in [9.17, 15) is 4.79 Å². The van der Waals surface area contributed by atoms with Crippen LogP contribution in [0.15, 0.2) is 48.5 Å². The average Bonchev–Trinajstić information content (AvgIpc) is 3.09. The zero-order valence-electron chi connectivity index (χ0n) is 16.9. The van der Waals surface area contributed by atoms with Crippen LogP contribution >= 0.6 is 0 Å². The third-order valence-corrected chi connectivity index (χ3v) is 4.45. The maximum Gasteiger partial charge on any atom is 0.240 e. The van der Waals surface area contributed by atoms with Crippen LogP contribution < -0.4 is 14.8 Å². The topological polar surface area (TPSA) is 74.6 Å². The molecule has 0 aliphatic heterocycles. The van der Waals surface area contributed by atoms with E-state index in [0.29, 0.717) is 37.1 Å². The molecule has 1 amide bonds. The van der Waals surface area contributed by atoms with Crippen molar-refractivity contribution in [3.05, 3.63) is 54.4 Å². The van der Waals surface area contributed by atoms with Gasteiger partial charge in [-0.2, -0.15) is 0 Å². The first-order valence-electron chi connectivity index (χ1n) is 9.77. The molecule has 0 atom stereocenters. The van der Waals surface area contributed by atoms with Gasteiger partial charge in [-0.15, -0.1) is 0 Å². The number of imidazole rings is 1. The van der Waals surface area contributed by atoms with Crippen molar-refractivity contribution in [2.45, 2.75) is 26.5 Å². The van der Waals surface area contributed by atoms with Crippen molar-refractivity contribution >= 4 is 16.9 Å². The molecule has 154 valence electrons. The predicted octanol–water partition coefficient (Wildman–Crippen LogP) is 3.17. The fourth-order valence-corrected chi connectivity index (χ4v) is 3.04. The number of ether oxygens (including phenoxy) is 3. The largest absolute Gasteiger partial charge is 0.493 e. The minimum absolute atomic E-state index is 0.0665. The van der Waals surface area contributed by atoms with Gasteiger partial charge < -0.3 is 24.1 Å². The van der Waals surface area contributed by atoms with Gasteiger partial charge in [-0.05, 0) is 37.6 Å². The number of rotatable bonds is 11. The number of nitrogens with zero attached hydrogens (tertiary/aromatic N) is 2. The quantitative estimate of drug-likeness (QED) is 0.503. The summed E-state index contributed by atoms with van der Waals surface area (Å²) in [6, 6.07) is 15.2. The molecule has 0 spiro atoms. The maximum atomic E-state index is 12.5. The van der Waals surface area contributed by atoms with Gasteiger partial charge >= 0.3 is 0 Å². The van der Waals surface area contributed by atoms with Gasteiger partial charge in [-0.25, -0.2) is 4.98 Å². The van der Waals surface area contributed by atoms with Crippen LogP contribution in [0.3, 0.4) is 0 Å². The van der Waals surface area contributed by atoms with E-state index in [1.807, 2.05) is 60.0 Å². The van der Waals surface area contributed by atoms with Crippen molar-refractivity contribution in [2.75, 3.05) is 26.9 Å². The summed E-state index contributed by atoms with van der Waals surface area (Å²) in [7, 11) is 1.60. The van der Waals surface area contributed by atoms with Crippen LogP contribution in [0.25, 0.3) is 11.0 Å². The average molecular weight is 397 g/mol. The SMILES string of the molecule is CCOCCCNC(=O)Cn1c(COc2ccccc2OC)nc2ccccc21. The van der Waals surface area contributed by atoms with Crippen LogP contribution in [-0.4, -0.2) is 42.3 Å². The van der Waals surface area contributed by atoms with E-state index in [-0.39, 0.29) is 19.1 Å². The smallest absolute Gasteiger partial charge is 0.240 e. The minimum Gasteiger partial charge on any atom is -0.493 e. The number of benzene rings is 2. The lowest BCUT2D eigenvalue weighted by atomic mass is 10.3. The maximum absolute atomic E-state index is 12.5. The molecule has 0 radical (unpaired) electrons. The zero-order chi connectivity index (χ0) is 20.5. The van der Waals surface area contributed by atoms with E-state index in [0.717, 1.165) is 17.5 Å². The summed E-state index contributed by atoms with van der Waals surface area (Å²) >= 11 is 0. The Hall–Kier alpha value is -3.06. The molecule has 3 rings (SSSR count). The number of fused-ring (bicyclic) bond motifs is 1. The van der Waals surface area contributed by atoms with Crippen molar-refractivity contribution < 1.29 is 19.0 Å². The summed E-state index contributed by atoms with van der Waals surface area (Å²) in [5, 5.41) is 2.94. The number of nitrogens with one attached hydrogen (secondary N) is 1. The van der Waals surface area contributed by atoms with Gasteiger partial charge in [0.15, 0.2) is 11.5 Å². The van der Waals surface area contributed by atoms with E-state index >= 15 is 0 Å². The monoisotopic (exact) mass is 397 g/mol. The summed E-state index contributed by atoms with van der Waals surface area (Å²) in [5.74, 6) is 1.90. The number of carbonyl (C=O) groups excluding carboxylic acids is 1. The highest BCUT2D eigenvalue weighted by Gasteiger charge is 2.15. The van der Waals surface area contributed by atoms with Crippen molar-refractivity contribution in [2.24, 2.45) is 0 Å². The Kier molecular flexibility index (Phi) is 7.47. The van der Waals surface area contributed by atoms with Crippen LogP contribution in [0.1, 0.15) is 19.2 Å². The summed E-state index contributed by atoms with van der Waals surface area (Å²) in [6.07, 6.45) is 0.786. The van der Waals surface area contributed by atoms with Crippen LogP contribution in [-0.2, 0) is 22.7 Å². The molecule has 7 heteroatoms. The summed E-state index contributed by atoms with van der Waals surface area (Å²) in [4.78, 5) is 17.1. The predicted molar refractivity (Wildman–Crippen MR) is 111 cm³/mol. The normalized spacial score (nSPS) is 10.8. The van der Waals surface area contributed by atoms with Gasteiger partial charge in [-0.1, -0.05) is 24.3 Å². The van der Waals surface area contributed by atoms with E-state index in [4.69, 9.17) is 14.2 Å². The van der Waals surface area contributed by atoms with Crippen molar-refractivity contribution in [1.29, 1.82) is 0 Å². The lowest BCUT2D eigenvalue weighted by Gasteiger charge is -2.12. The lowest BCUT2D eigenvalue weighted by molar-refractivity contribution is -0.121. The van der Waals surface area contributed by atoms with Crippen molar-refractivity contribution in [3.63, 3.8) is 0 Å². The Labute approximate surface area is 170 Å². The minimum atomic E-state index is -0.0665. The molecular formula is C22H27N3O4. The molecule has 2 aromatic carbocycles. The number of hydrogen-bond donors (Lipinski definition) is 1. The molecule has 0 unspecified atom stereocenters. The van der Waals surface area contributed by atoms with Crippen LogP contribution in [0, 0.1) is 0 Å². The highest BCUT2D eigenvalue weighted by atomic mass is 16.5. The Morgan fingerprint density at radius 1 is 1.10 bits per heavy atom. The summed E-state index contributed by atoms with van der Waals surface area (Å²) < 4.78 is 18.5. The zero-order valence-corrected chi connectivity index (χ0v) is 16.9. The van der Waals surface area contributed by atoms with E-state index in [1.54, 1.807) is 7.11 Å². The third-order valence-electron chi connectivity index (χ3n) is 4.45. The molecule has 0 aliphatic rings. The second-order valence-electron chi connectivity index (χ2n) is 6.44. The molecule has 0 fully saturated rings. The standard InChI is InChI=1S/C22H27N3O4/c1-3-28-14-8-13-23-22(26)15-25-18-10-5-4-9-17(18)24-21(25)16-29-20-12-7-6-11-19(20)27-2/h4-7,9-12H,3,8,13-16H2,1-2H3,(H,23,26). The van der Waals surface area contributed by atoms with E-state index in [2.05, 4.69) is 10.3 Å². The van der Waals surface area contributed by atoms with Gasteiger partial charge in [0, 0.05) is 19.8 Å². The molecule has 7 nitrogen and oxygen atoms in total. The third kappa shape index (κ3) is 5.48. The van der Waals surface area contributed by atoms with Gasteiger partial charge in [0.1, 0.15) is 19.0 Å². The molecule has 1 heterocycles. The molecule has 3 aromatic rings. The summed E-state index contributed by atoms with van der Waals surface area (Å²) in [6.45, 7) is 4.27. The van der Waals surface area contributed by atoms with Crippen molar-refractivity contribution in [1.82, 2.24) is 14.9 Å². The fraction of sp³-hybridized carbons (Fsp3) is 0.364. The second-order valence-corrected chi connectivity index (χ2v) is 6.44. The highest BCUT2D eigenvalue weighted by Crippen LogP contribution is 2.27. The first-order chi connectivity index (χ1) is 14.2. The van der Waals surface area contributed by atoms with Crippen molar-refractivity contribution in [3.8, 4) is 11.5 Å². The number of para-hydroxylation sites is 4. The molecule has 1 aromatic heterocycles. The highest BCUT2D eigenvalue weighted by molar-refractivity contribution is 5.81. The first-order valence-corrected chi connectivity index (χ1v) is 9.77. The fourth-order valence-electron chi connectivity index (χ4n) is 3.04. The number of amides is 1. The second kappa shape index (κ2) is 10.5. The van der Waals surface area contributed by atoms with Gasteiger partial charge in [0.2, 0.25) is 5.91 Å². The van der Waals surface area contributed by atoms with Gasteiger partial charge in [0.05, 0.1) is 18.1 Å². The number of methoxy groups -OCH3 is 1. The lowest BCUT2D eigenvalue weighted by Crippen LogP contribution is -2.29. The Balaban J connectivity index is 1.71. The number of hydrogen-bond acceptors (Lipinski definition) is 5. The molecule has 1 N–H and O–H groups in total. The molecule has 29 heavy (non-hydrogen) atoms. The molecular weight excluding hydrogens is 370 g/mol. The summed E-state index contributed by atoms with van der Waals surface area (Å²) in [5.41, 5.74) is 1.73. The molecule has 0 bridgehead atoms.